The van der Waals surface area contributed by atoms with Gasteiger partial charge in [-0.05, 0) is 35.2 Å². The van der Waals surface area contributed by atoms with Gasteiger partial charge in [-0.1, -0.05) is 11.2 Å². The maximum absolute atomic E-state index is 13.4. The second-order valence-electron chi connectivity index (χ2n) is 4.22. The minimum atomic E-state index is -0.439. The smallest absolute Gasteiger partial charge is 0.170 e. The molecule has 0 saturated carbocycles. The fourth-order valence-electron chi connectivity index (χ4n) is 1.76. The predicted molar refractivity (Wildman–Crippen MR) is 76.6 cm³/mol. The number of oxime groups is 1. The molecule has 1 aromatic carbocycles. The molecule has 0 atom stereocenters. The van der Waals surface area contributed by atoms with Gasteiger partial charge in [0.25, 0.3) is 0 Å². The van der Waals surface area contributed by atoms with Crippen LogP contribution in [0.1, 0.15) is 16.0 Å². The van der Waals surface area contributed by atoms with Crippen molar-refractivity contribution in [1.82, 2.24) is 0 Å². The second-order valence-corrected chi connectivity index (χ2v) is 5.25. The van der Waals surface area contributed by atoms with Gasteiger partial charge in [0.2, 0.25) is 0 Å². The molecule has 4 nitrogen and oxygen atoms in total. The minimum Gasteiger partial charge on any atom is -0.409 e. The van der Waals surface area contributed by atoms with E-state index in [-0.39, 0.29) is 12.4 Å². The van der Waals surface area contributed by atoms with Gasteiger partial charge in [0.1, 0.15) is 5.82 Å². The molecule has 0 aliphatic rings. The number of hydrogen-bond acceptors (Lipinski definition) is 4. The molecule has 0 radical (unpaired) electrons. The largest absolute Gasteiger partial charge is 0.409 e. The average Bonchev–Trinajstić information content (AvgIpc) is 2.95. The Morgan fingerprint density at radius 2 is 2.25 bits per heavy atom. The molecular formula is C14H15FN2O2S. The van der Waals surface area contributed by atoms with E-state index in [4.69, 9.17) is 15.7 Å². The van der Waals surface area contributed by atoms with E-state index in [1.165, 1.54) is 17.0 Å². The Balaban J connectivity index is 1.90. The topological polar surface area (TPSA) is 67.8 Å². The molecule has 1 heterocycles. The van der Waals surface area contributed by atoms with E-state index in [9.17, 15) is 4.39 Å². The molecule has 0 amide bonds. The van der Waals surface area contributed by atoms with Crippen molar-refractivity contribution in [2.45, 2.75) is 13.0 Å². The summed E-state index contributed by atoms with van der Waals surface area (Å²) in [5.74, 6) is -0.560. The summed E-state index contributed by atoms with van der Waals surface area (Å²) in [6, 6.07) is 8.27. The van der Waals surface area contributed by atoms with E-state index in [2.05, 4.69) is 5.16 Å². The highest BCUT2D eigenvalue weighted by molar-refractivity contribution is 7.09. The van der Waals surface area contributed by atoms with Gasteiger partial charge >= 0.3 is 0 Å². The summed E-state index contributed by atoms with van der Waals surface area (Å²) in [5.41, 5.74) is 6.43. The molecule has 2 rings (SSSR count). The van der Waals surface area contributed by atoms with E-state index in [0.29, 0.717) is 17.7 Å². The summed E-state index contributed by atoms with van der Waals surface area (Å²) in [7, 11) is 0. The standard InChI is InChI=1S/C14H15FN2O2S/c15-12-7-10(6-11(8-12)14(16)17-18)9-19-4-3-13-2-1-5-20-13/h1-2,5-8,18H,3-4,9H2,(H2,16,17). The molecule has 0 aliphatic carbocycles. The summed E-state index contributed by atoms with van der Waals surface area (Å²) in [6.07, 6.45) is 0.833. The van der Waals surface area contributed by atoms with Crippen molar-refractivity contribution >= 4 is 17.2 Å². The normalized spacial score (nSPS) is 11.8. The van der Waals surface area contributed by atoms with Crippen molar-refractivity contribution in [1.29, 1.82) is 0 Å². The zero-order valence-electron chi connectivity index (χ0n) is 10.8. The molecule has 106 valence electrons. The Bertz CT molecular complexity index is 585. The molecule has 0 saturated heterocycles. The highest BCUT2D eigenvalue weighted by atomic mass is 32.1. The highest BCUT2D eigenvalue weighted by Gasteiger charge is 2.05. The first-order valence-corrected chi connectivity index (χ1v) is 6.94. The van der Waals surface area contributed by atoms with Gasteiger partial charge in [-0.15, -0.1) is 11.3 Å². The lowest BCUT2D eigenvalue weighted by Crippen LogP contribution is -2.14. The molecule has 0 aliphatic heterocycles. The SMILES string of the molecule is N/C(=N/O)c1cc(F)cc(COCCc2cccs2)c1. The van der Waals surface area contributed by atoms with Gasteiger partial charge in [0.15, 0.2) is 5.84 Å². The van der Waals surface area contributed by atoms with Crippen LogP contribution in [0.3, 0.4) is 0 Å². The van der Waals surface area contributed by atoms with Crippen LogP contribution >= 0.6 is 11.3 Å². The van der Waals surface area contributed by atoms with Crippen LogP contribution < -0.4 is 5.73 Å². The van der Waals surface area contributed by atoms with Crippen LogP contribution in [0.15, 0.2) is 40.9 Å². The molecule has 3 N–H and O–H groups in total. The summed E-state index contributed by atoms with van der Waals surface area (Å²) < 4.78 is 18.9. The Hall–Kier alpha value is -1.92. The molecule has 20 heavy (non-hydrogen) atoms. The fraction of sp³-hybridized carbons (Fsp3) is 0.214. The van der Waals surface area contributed by atoms with Crippen molar-refractivity contribution in [3.8, 4) is 0 Å². The number of thiophene rings is 1. The summed E-state index contributed by atoms with van der Waals surface area (Å²) >= 11 is 1.68. The Kier molecular flexibility index (Phi) is 5.09. The van der Waals surface area contributed by atoms with Crippen LogP contribution in [-0.4, -0.2) is 17.6 Å². The molecule has 0 bridgehead atoms. The van der Waals surface area contributed by atoms with Crippen molar-refractivity contribution in [2.75, 3.05) is 6.61 Å². The van der Waals surface area contributed by atoms with Gasteiger partial charge in [-0.25, -0.2) is 4.39 Å². The lowest BCUT2D eigenvalue weighted by atomic mass is 10.1. The molecule has 0 fully saturated rings. The number of ether oxygens (including phenoxy) is 1. The molecule has 2 aromatic rings. The Morgan fingerprint density at radius 3 is 2.95 bits per heavy atom. The van der Waals surface area contributed by atoms with Crippen LogP contribution in [0.2, 0.25) is 0 Å². The Labute approximate surface area is 120 Å². The van der Waals surface area contributed by atoms with E-state index >= 15 is 0 Å². The number of nitrogens with two attached hydrogens (primary N) is 1. The number of amidine groups is 1. The van der Waals surface area contributed by atoms with Crippen molar-refractivity contribution in [3.05, 3.63) is 57.5 Å². The van der Waals surface area contributed by atoms with E-state index < -0.39 is 5.82 Å². The van der Waals surface area contributed by atoms with E-state index in [1.807, 2.05) is 17.5 Å². The first kappa shape index (κ1) is 14.5. The van der Waals surface area contributed by atoms with Gasteiger partial charge in [0, 0.05) is 16.9 Å². The number of halogens is 1. The van der Waals surface area contributed by atoms with Crippen molar-refractivity contribution < 1.29 is 14.3 Å². The molecule has 6 heteroatoms. The quantitative estimate of drug-likeness (QED) is 0.283. The zero-order chi connectivity index (χ0) is 14.4. The van der Waals surface area contributed by atoms with E-state index in [0.717, 1.165) is 6.42 Å². The number of nitrogens with zero attached hydrogens (tertiary/aromatic N) is 1. The maximum Gasteiger partial charge on any atom is 0.170 e. The van der Waals surface area contributed by atoms with Crippen LogP contribution in [0.4, 0.5) is 4.39 Å². The van der Waals surface area contributed by atoms with Crippen molar-refractivity contribution in [2.24, 2.45) is 10.9 Å². The maximum atomic E-state index is 13.4. The second kappa shape index (κ2) is 7.02. The predicted octanol–water partition coefficient (Wildman–Crippen LogP) is 2.74. The molecule has 0 spiro atoms. The molecule has 1 aromatic heterocycles. The van der Waals surface area contributed by atoms with Gasteiger partial charge in [-0.3, -0.25) is 0 Å². The van der Waals surface area contributed by atoms with Gasteiger partial charge in [0.05, 0.1) is 13.2 Å². The van der Waals surface area contributed by atoms with Crippen molar-refractivity contribution in [3.63, 3.8) is 0 Å². The summed E-state index contributed by atoms with van der Waals surface area (Å²) in [5, 5.41) is 13.5. The first-order chi connectivity index (χ1) is 9.69. The van der Waals surface area contributed by atoms with Gasteiger partial charge < -0.3 is 15.7 Å². The van der Waals surface area contributed by atoms with E-state index in [1.54, 1.807) is 17.4 Å². The zero-order valence-corrected chi connectivity index (χ0v) is 11.6. The fourth-order valence-corrected chi connectivity index (χ4v) is 2.45. The molecule has 0 unspecified atom stereocenters. The average molecular weight is 294 g/mol. The van der Waals surface area contributed by atoms with Crippen LogP contribution in [0.5, 0.6) is 0 Å². The summed E-state index contributed by atoms with van der Waals surface area (Å²) in [4.78, 5) is 1.25. The number of benzene rings is 1. The van der Waals surface area contributed by atoms with Crippen LogP contribution in [0, 0.1) is 5.82 Å². The first-order valence-electron chi connectivity index (χ1n) is 6.06. The third-order valence-electron chi connectivity index (χ3n) is 2.70. The molecular weight excluding hydrogens is 279 g/mol. The summed E-state index contributed by atoms with van der Waals surface area (Å²) in [6.45, 7) is 0.852. The van der Waals surface area contributed by atoms with Crippen LogP contribution in [0.25, 0.3) is 0 Å². The number of rotatable bonds is 6. The Morgan fingerprint density at radius 1 is 1.40 bits per heavy atom. The lowest BCUT2D eigenvalue weighted by molar-refractivity contribution is 0.124. The van der Waals surface area contributed by atoms with Gasteiger partial charge in [-0.2, -0.15) is 0 Å². The van der Waals surface area contributed by atoms with Crippen LogP contribution in [-0.2, 0) is 17.8 Å². The monoisotopic (exact) mass is 294 g/mol. The third kappa shape index (κ3) is 4.04. The lowest BCUT2D eigenvalue weighted by Gasteiger charge is -2.06. The third-order valence-corrected chi connectivity index (χ3v) is 3.64. The highest BCUT2D eigenvalue weighted by Crippen LogP contribution is 2.12. The number of hydrogen-bond donors (Lipinski definition) is 2. The minimum absolute atomic E-state index is 0.121.